The number of phenolic OH excluding ortho intramolecular Hbond substituents is 1. The molecular formula is C33H45NO2. The Bertz CT molecular complexity index is 1040. The van der Waals surface area contributed by atoms with Crippen LogP contribution < -0.4 is 4.74 Å². The molecule has 2 aromatic rings. The van der Waals surface area contributed by atoms with E-state index in [4.69, 9.17) is 4.74 Å². The minimum atomic E-state index is 0.428. The molecular weight excluding hydrogens is 442 g/mol. The number of ether oxygens (including phenoxy) is 1. The number of phenols is 1. The quantitative estimate of drug-likeness (QED) is 0.456. The second-order valence-corrected chi connectivity index (χ2v) is 12.8. The molecule has 3 heteroatoms. The Balaban J connectivity index is 1.06. The Morgan fingerprint density at radius 3 is 2.61 bits per heavy atom. The van der Waals surface area contributed by atoms with Gasteiger partial charge in [-0.1, -0.05) is 38.5 Å². The van der Waals surface area contributed by atoms with Crippen LogP contribution >= 0.6 is 0 Å². The number of hydrogen-bond donors (Lipinski definition) is 1. The molecule has 4 aliphatic rings. The molecule has 6 rings (SSSR count). The van der Waals surface area contributed by atoms with Gasteiger partial charge in [-0.25, -0.2) is 0 Å². The summed E-state index contributed by atoms with van der Waals surface area (Å²) in [7, 11) is 0. The van der Waals surface area contributed by atoms with Gasteiger partial charge in [0.2, 0.25) is 0 Å². The maximum Gasteiger partial charge on any atom is 0.119 e. The molecule has 1 heterocycles. The van der Waals surface area contributed by atoms with E-state index >= 15 is 0 Å². The van der Waals surface area contributed by atoms with Crippen molar-refractivity contribution in [2.24, 2.45) is 29.1 Å². The number of piperidine rings is 1. The van der Waals surface area contributed by atoms with E-state index in [-0.39, 0.29) is 0 Å². The van der Waals surface area contributed by atoms with Crippen LogP contribution in [0.2, 0.25) is 0 Å². The lowest BCUT2D eigenvalue weighted by atomic mass is 9.51. The average Bonchev–Trinajstić information content (AvgIpc) is 3.21. The van der Waals surface area contributed by atoms with Gasteiger partial charge in [-0.2, -0.15) is 0 Å². The fourth-order valence-electron chi connectivity index (χ4n) is 8.93. The lowest BCUT2D eigenvalue weighted by molar-refractivity contribution is 0.000918. The van der Waals surface area contributed by atoms with Gasteiger partial charge in [0.1, 0.15) is 11.5 Å². The summed E-state index contributed by atoms with van der Waals surface area (Å²) < 4.78 is 6.29. The third kappa shape index (κ3) is 4.57. The van der Waals surface area contributed by atoms with Gasteiger partial charge in [-0.15, -0.1) is 0 Å². The SMILES string of the molecule is CC1Cc2cc(O)ccc2C2CCC3(C)C(CC[C@@H]3CCOc3ccc(CN4CCCCC4)cc3)C12. The summed E-state index contributed by atoms with van der Waals surface area (Å²) in [5.41, 5.74) is 4.79. The van der Waals surface area contributed by atoms with Crippen molar-refractivity contribution in [3.05, 3.63) is 59.2 Å². The molecule has 2 aromatic carbocycles. The molecule has 3 nitrogen and oxygen atoms in total. The number of nitrogens with zero attached hydrogens (tertiary/aromatic N) is 1. The van der Waals surface area contributed by atoms with Gasteiger partial charge < -0.3 is 9.84 Å². The minimum Gasteiger partial charge on any atom is -0.508 e. The van der Waals surface area contributed by atoms with Crippen LogP contribution in [-0.4, -0.2) is 29.7 Å². The van der Waals surface area contributed by atoms with E-state index in [1.165, 1.54) is 81.1 Å². The van der Waals surface area contributed by atoms with Crippen molar-refractivity contribution in [2.45, 2.75) is 84.1 Å². The highest BCUT2D eigenvalue weighted by atomic mass is 16.5. The van der Waals surface area contributed by atoms with Gasteiger partial charge in [0.15, 0.2) is 0 Å². The zero-order chi connectivity index (χ0) is 24.7. The Morgan fingerprint density at radius 1 is 1.00 bits per heavy atom. The molecule has 194 valence electrons. The summed E-state index contributed by atoms with van der Waals surface area (Å²) in [6, 6.07) is 15.1. The third-order valence-corrected chi connectivity index (χ3v) is 10.8. The molecule has 3 fully saturated rings. The number of aromatic hydroxyl groups is 1. The number of benzene rings is 2. The summed E-state index contributed by atoms with van der Waals surface area (Å²) in [5, 5.41) is 10.0. The number of rotatable bonds is 6. The fourth-order valence-corrected chi connectivity index (χ4v) is 8.93. The Kier molecular flexibility index (Phi) is 6.79. The predicted molar refractivity (Wildman–Crippen MR) is 146 cm³/mol. The highest BCUT2D eigenvalue weighted by Crippen LogP contribution is 2.64. The molecule has 0 amide bonds. The molecule has 5 unspecified atom stereocenters. The Hall–Kier alpha value is -2.00. The van der Waals surface area contributed by atoms with E-state index < -0.39 is 0 Å². The first-order valence-corrected chi connectivity index (χ1v) is 14.8. The highest BCUT2D eigenvalue weighted by Gasteiger charge is 2.55. The van der Waals surface area contributed by atoms with Crippen molar-refractivity contribution in [1.82, 2.24) is 4.90 Å². The van der Waals surface area contributed by atoms with Gasteiger partial charge in [0.25, 0.3) is 0 Å². The third-order valence-electron chi connectivity index (χ3n) is 10.8. The topological polar surface area (TPSA) is 32.7 Å². The van der Waals surface area contributed by atoms with E-state index in [9.17, 15) is 5.11 Å². The standard InChI is InChI=1S/C33H45NO2/c1-23-20-25-21-27(35)9-12-29(25)30-14-16-33(2)26(8-13-31(33)32(23)30)15-19-36-28-10-6-24(7-11-28)22-34-17-4-3-5-18-34/h6-7,9-12,21,23,26,30-32,35H,3-5,8,13-20,22H2,1-2H3/t23?,26-,30?,31?,32?,33?/m1/s1. The predicted octanol–water partition coefficient (Wildman–Crippen LogP) is 7.57. The summed E-state index contributed by atoms with van der Waals surface area (Å²) in [6.45, 7) is 9.49. The monoisotopic (exact) mass is 487 g/mol. The molecule has 6 atom stereocenters. The van der Waals surface area contributed by atoms with Crippen LogP contribution in [0.25, 0.3) is 0 Å². The molecule has 1 N–H and O–H groups in total. The number of likely N-dealkylation sites (tertiary alicyclic amines) is 1. The second kappa shape index (κ2) is 10.0. The van der Waals surface area contributed by atoms with Gasteiger partial charge in [-0.05, 0) is 140 Å². The van der Waals surface area contributed by atoms with Crippen LogP contribution in [0.5, 0.6) is 11.5 Å². The van der Waals surface area contributed by atoms with Gasteiger partial charge >= 0.3 is 0 Å². The minimum absolute atomic E-state index is 0.428. The van der Waals surface area contributed by atoms with Crippen molar-refractivity contribution < 1.29 is 9.84 Å². The largest absolute Gasteiger partial charge is 0.508 e. The van der Waals surface area contributed by atoms with Gasteiger partial charge in [-0.3, -0.25) is 4.90 Å². The lowest BCUT2D eigenvalue weighted by Crippen LogP contribution is -2.45. The molecule has 0 radical (unpaired) electrons. The second-order valence-electron chi connectivity index (χ2n) is 12.8. The molecule has 36 heavy (non-hydrogen) atoms. The lowest BCUT2D eigenvalue weighted by Gasteiger charge is -2.53. The normalized spacial score (nSPS) is 34.0. The zero-order valence-corrected chi connectivity index (χ0v) is 22.4. The summed E-state index contributed by atoms with van der Waals surface area (Å²) in [5.74, 6) is 5.23. The van der Waals surface area contributed by atoms with Crippen molar-refractivity contribution >= 4 is 0 Å². The van der Waals surface area contributed by atoms with Crippen LogP contribution in [0.1, 0.15) is 87.8 Å². The van der Waals surface area contributed by atoms with Crippen LogP contribution in [0.3, 0.4) is 0 Å². The Morgan fingerprint density at radius 2 is 1.81 bits per heavy atom. The summed E-state index contributed by atoms with van der Waals surface area (Å²) in [4.78, 5) is 2.58. The zero-order valence-electron chi connectivity index (χ0n) is 22.4. The fraction of sp³-hybridized carbons (Fsp3) is 0.636. The molecule has 2 saturated carbocycles. The van der Waals surface area contributed by atoms with Crippen LogP contribution in [0.4, 0.5) is 0 Å². The van der Waals surface area contributed by atoms with Gasteiger partial charge in [0, 0.05) is 6.54 Å². The van der Waals surface area contributed by atoms with Crippen molar-refractivity contribution in [3.8, 4) is 11.5 Å². The van der Waals surface area contributed by atoms with Crippen LogP contribution in [0, 0.1) is 29.1 Å². The van der Waals surface area contributed by atoms with E-state index in [0.717, 1.165) is 43.1 Å². The van der Waals surface area contributed by atoms with E-state index in [2.05, 4.69) is 49.1 Å². The Labute approximate surface area is 218 Å². The molecule has 0 aromatic heterocycles. The molecule has 3 aliphatic carbocycles. The highest BCUT2D eigenvalue weighted by molar-refractivity contribution is 5.40. The number of fused-ring (bicyclic) bond motifs is 5. The van der Waals surface area contributed by atoms with E-state index in [1.807, 2.05) is 12.1 Å². The van der Waals surface area contributed by atoms with Crippen molar-refractivity contribution in [3.63, 3.8) is 0 Å². The number of hydrogen-bond acceptors (Lipinski definition) is 3. The molecule has 0 spiro atoms. The maximum atomic E-state index is 10.0. The first-order chi connectivity index (χ1) is 17.5. The van der Waals surface area contributed by atoms with E-state index in [1.54, 1.807) is 0 Å². The average molecular weight is 488 g/mol. The first-order valence-electron chi connectivity index (χ1n) is 14.8. The maximum absolute atomic E-state index is 10.0. The molecule has 1 saturated heterocycles. The summed E-state index contributed by atoms with van der Waals surface area (Å²) in [6.07, 6.45) is 11.8. The molecule has 0 bridgehead atoms. The van der Waals surface area contributed by atoms with E-state index in [0.29, 0.717) is 23.0 Å². The first kappa shape index (κ1) is 24.3. The van der Waals surface area contributed by atoms with Crippen molar-refractivity contribution in [2.75, 3.05) is 19.7 Å². The van der Waals surface area contributed by atoms with Gasteiger partial charge in [0.05, 0.1) is 6.61 Å². The summed E-state index contributed by atoms with van der Waals surface area (Å²) >= 11 is 0. The molecule has 1 aliphatic heterocycles. The van der Waals surface area contributed by atoms with Crippen LogP contribution in [0.15, 0.2) is 42.5 Å². The van der Waals surface area contributed by atoms with Crippen LogP contribution in [-0.2, 0) is 13.0 Å². The smallest absolute Gasteiger partial charge is 0.119 e. The van der Waals surface area contributed by atoms with Crippen molar-refractivity contribution in [1.29, 1.82) is 0 Å².